The zero-order valence-electron chi connectivity index (χ0n) is 15.9. The van der Waals surface area contributed by atoms with Crippen LogP contribution in [0, 0.1) is 12.7 Å². The van der Waals surface area contributed by atoms with E-state index in [1.54, 1.807) is 18.2 Å². The minimum absolute atomic E-state index is 0.0442. The van der Waals surface area contributed by atoms with Gasteiger partial charge in [0, 0.05) is 28.2 Å². The van der Waals surface area contributed by atoms with Crippen LogP contribution in [0.15, 0.2) is 53.7 Å². The number of halogens is 1. The van der Waals surface area contributed by atoms with Gasteiger partial charge in [-0.2, -0.15) is 0 Å². The van der Waals surface area contributed by atoms with Crippen LogP contribution in [0.3, 0.4) is 0 Å². The Hall–Kier alpha value is -2.93. The lowest BCUT2D eigenvalue weighted by Crippen LogP contribution is -2.06. The molecule has 0 bridgehead atoms. The highest BCUT2D eigenvalue weighted by atomic mass is 32.2. The van der Waals surface area contributed by atoms with E-state index in [2.05, 4.69) is 15.2 Å². The fraction of sp³-hybridized carbons (Fsp3) is 0.227. The molecular weight excluding hydrogens is 387 g/mol. The maximum absolute atomic E-state index is 14.3. The topological polar surface area (TPSA) is 63.6 Å². The number of thioether (sulfide) groups is 1. The molecule has 1 saturated carbocycles. The summed E-state index contributed by atoms with van der Waals surface area (Å²) in [4.78, 5) is 16.3. The van der Waals surface area contributed by atoms with Gasteiger partial charge in [0.2, 0.25) is 0 Å². The molecule has 4 aromatic rings. The summed E-state index contributed by atoms with van der Waals surface area (Å²) in [5.74, 6) is 0.514. The van der Waals surface area contributed by atoms with Crippen LogP contribution >= 0.6 is 11.8 Å². The smallest absolute Gasteiger partial charge is 0.192 e. The normalized spacial score (nSPS) is 13.9. The highest BCUT2D eigenvalue weighted by Crippen LogP contribution is 2.41. The first-order valence-corrected chi connectivity index (χ1v) is 10.5. The average Bonchev–Trinajstić information content (AvgIpc) is 3.38. The van der Waals surface area contributed by atoms with E-state index in [9.17, 15) is 9.18 Å². The number of aryl methyl sites for hydroxylation is 1. The molecule has 0 radical (unpaired) electrons. The van der Waals surface area contributed by atoms with E-state index in [0.29, 0.717) is 16.5 Å². The van der Waals surface area contributed by atoms with Crippen molar-refractivity contribution in [2.45, 2.75) is 31.0 Å². The molecule has 0 unspecified atom stereocenters. The number of H-pyrrole nitrogens is 1. The molecule has 2 aromatic heterocycles. The number of hydrogen-bond acceptors (Lipinski definition) is 4. The number of fused-ring (bicyclic) bond motifs is 1. The molecule has 2 heterocycles. The number of aromatic amines is 1. The van der Waals surface area contributed by atoms with Gasteiger partial charge >= 0.3 is 0 Å². The van der Waals surface area contributed by atoms with Crippen molar-refractivity contribution in [2.75, 3.05) is 5.75 Å². The van der Waals surface area contributed by atoms with Gasteiger partial charge in [-0.3, -0.25) is 9.36 Å². The van der Waals surface area contributed by atoms with Gasteiger partial charge in [0.05, 0.1) is 11.3 Å². The number of ketones is 1. The van der Waals surface area contributed by atoms with Crippen LogP contribution in [0.1, 0.15) is 34.9 Å². The Labute approximate surface area is 171 Å². The first-order valence-electron chi connectivity index (χ1n) is 9.56. The maximum Gasteiger partial charge on any atom is 0.192 e. The van der Waals surface area contributed by atoms with Crippen LogP contribution in [-0.4, -0.2) is 31.3 Å². The molecule has 0 spiro atoms. The Morgan fingerprint density at radius 1 is 1.17 bits per heavy atom. The van der Waals surface area contributed by atoms with Gasteiger partial charge in [-0.1, -0.05) is 42.1 Å². The van der Waals surface area contributed by atoms with Crippen molar-refractivity contribution in [1.29, 1.82) is 0 Å². The van der Waals surface area contributed by atoms with Crippen molar-refractivity contribution >= 4 is 28.4 Å². The summed E-state index contributed by atoms with van der Waals surface area (Å²) in [7, 11) is 0. The summed E-state index contributed by atoms with van der Waals surface area (Å²) in [6.07, 6.45) is 2.03. The van der Waals surface area contributed by atoms with Crippen LogP contribution in [0.4, 0.5) is 4.39 Å². The number of aromatic nitrogens is 4. The van der Waals surface area contributed by atoms with E-state index in [0.717, 1.165) is 35.0 Å². The molecule has 1 N–H and O–H groups in total. The van der Waals surface area contributed by atoms with E-state index < -0.39 is 0 Å². The molecule has 0 atom stereocenters. The first kappa shape index (κ1) is 18.1. The molecule has 1 aliphatic carbocycles. The van der Waals surface area contributed by atoms with Gasteiger partial charge in [0.25, 0.3) is 0 Å². The van der Waals surface area contributed by atoms with Crippen molar-refractivity contribution in [3.05, 3.63) is 65.6 Å². The third-order valence-electron chi connectivity index (χ3n) is 5.20. The van der Waals surface area contributed by atoms with Gasteiger partial charge in [-0.05, 0) is 38.0 Å². The zero-order valence-corrected chi connectivity index (χ0v) is 16.7. The summed E-state index contributed by atoms with van der Waals surface area (Å²) >= 11 is 1.36. The van der Waals surface area contributed by atoms with E-state index in [1.807, 2.05) is 35.8 Å². The Balaban J connectivity index is 1.43. The van der Waals surface area contributed by atoms with Gasteiger partial charge in [-0.25, -0.2) is 4.39 Å². The zero-order chi connectivity index (χ0) is 20.0. The number of para-hydroxylation sites is 1. The minimum Gasteiger partial charge on any atom is -0.358 e. The maximum atomic E-state index is 14.3. The number of hydrogen-bond donors (Lipinski definition) is 1. The number of carbonyl (C=O) groups excluding carboxylic acids is 1. The van der Waals surface area contributed by atoms with E-state index in [1.165, 1.54) is 17.8 Å². The van der Waals surface area contributed by atoms with Crippen molar-refractivity contribution in [2.24, 2.45) is 0 Å². The lowest BCUT2D eigenvalue weighted by atomic mass is 10.1. The van der Waals surface area contributed by atoms with Gasteiger partial charge in [0.1, 0.15) is 5.82 Å². The molecule has 29 heavy (non-hydrogen) atoms. The van der Waals surface area contributed by atoms with Crippen LogP contribution in [0.2, 0.25) is 0 Å². The second-order valence-corrected chi connectivity index (χ2v) is 8.21. The molecule has 0 amide bonds. The van der Waals surface area contributed by atoms with Crippen LogP contribution in [0.5, 0.6) is 0 Å². The Morgan fingerprint density at radius 3 is 2.72 bits per heavy atom. The number of benzene rings is 2. The Morgan fingerprint density at radius 2 is 1.93 bits per heavy atom. The fourth-order valence-corrected chi connectivity index (χ4v) is 4.58. The molecular formula is C22H19FN4OS. The highest BCUT2D eigenvalue weighted by molar-refractivity contribution is 7.99. The van der Waals surface area contributed by atoms with E-state index in [4.69, 9.17) is 0 Å². The Kier molecular flexibility index (Phi) is 4.47. The molecule has 5 nitrogen and oxygen atoms in total. The molecule has 7 heteroatoms. The standard InChI is InChI=1S/C22H19FN4OS/c1-13-20(16-7-3-5-9-18(16)24-13)19(28)12-29-22-26-25-21(27(22)14-10-11-14)15-6-2-4-8-17(15)23/h2-9,14,24H,10-12H2,1H3. The predicted octanol–water partition coefficient (Wildman–Crippen LogP) is 5.18. The van der Waals surface area contributed by atoms with E-state index in [-0.39, 0.29) is 23.4 Å². The van der Waals surface area contributed by atoms with Gasteiger partial charge < -0.3 is 4.98 Å². The molecule has 0 saturated heterocycles. The Bertz CT molecular complexity index is 1220. The molecule has 0 aliphatic heterocycles. The average molecular weight is 406 g/mol. The second kappa shape index (κ2) is 7.15. The van der Waals surface area contributed by atoms with Crippen molar-refractivity contribution in [3.8, 4) is 11.4 Å². The van der Waals surface area contributed by atoms with E-state index >= 15 is 0 Å². The number of nitrogens with zero attached hydrogens (tertiary/aromatic N) is 3. The third-order valence-corrected chi connectivity index (χ3v) is 6.14. The lowest BCUT2D eigenvalue weighted by molar-refractivity contribution is 0.102. The molecule has 1 aliphatic rings. The number of nitrogens with one attached hydrogen (secondary N) is 1. The largest absolute Gasteiger partial charge is 0.358 e. The molecule has 5 rings (SSSR count). The van der Waals surface area contributed by atoms with Crippen molar-refractivity contribution in [1.82, 2.24) is 19.7 Å². The summed E-state index contributed by atoms with van der Waals surface area (Å²) in [5.41, 5.74) is 2.99. The summed E-state index contributed by atoms with van der Waals surface area (Å²) in [5, 5.41) is 10.1. The number of carbonyl (C=O) groups is 1. The lowest BCUT2D eigenvalue weighted by Gasteiger charge is -2.09. The quantitative estimate of drug-likeness (QED) is 0.354. The van der Waals surface area contributed by atoms with Crippen molar-refractivity contribution in [3.63, 3.8) is 0 Å². The van der Waals surface area contributed by atoms with Crippen LogP contribution in [-0.2, 0) is 0 Å². The fourth-order valence-electron chi connectivity index (χ4n) is 3.70. The number of rotatable bonds is 6. The monoisotopic (exact) mass is 406 g/mol. The van der Waals surface area contributed by atoms with Gasteiger partial charge in [0.15, 0.2) is 16.8 Å². The summed E-state index contributed by atoms with van der Waals surface area (Å²) in [6.45, 7) is 1.92. The molecule has 146 valence electrons. The predicted molar refractivity (Wildman–Crippen MR) is 112 cm³/mol. The number of Topliss-reactive ketones (excluding diaryl/α,β-unsaturated/α-hetero) is 1. The van der Waals surface area contributed by atoms with Crippen LogP contribution in [0.25, 0.3) is 22.3 Å². The summed E-state index contributed by atoms with van der Waals surface area (Å²) < 4.78 is 16.3. The van der Waals surface area contributed by atoms with Gasteiger partial charge in [-0.15, -0.1) is 10.2 Å². The molecule has 1 fully saturated rings. The minimum atomic E-state index is -0.316. The third kappa shape index (κ3) is 3.25. The summed E-state index contributed by atoms with van der Waals surface area (Å²) in [6, 6.07) is 14.7. The highest BCUT2D eigenvalue weighted by Gasteiger charge is 2.31. The SMILES string of the molecule is Cc1[nH]c2ccccc2c1C(=O)CSc1nnc(-c2ccccc2F)n1C1CC1. The molecule has 2 aromatic carbocycles. The first-order chi connectivity index (χ1) is 14.1. The van der Waals surface area contributed by atoms with Crippen LogP contribution < -0.4 is 0 Å². The second-order valence-electron chi connectivity index (χ2n) is 7.27. The van der Waals surface area contributed by atoms with Crippen molar-refractivity contribution < 1.29 is 9.18 Å².